The molecule has 1 atom stereocenters. The summed E-state index contributed by atoms with van der Waals surface area (Å²) in [6.07, 6.45) is 3.11. The average Bonchev–Trinajstić information content (AvgIpc) is 3.10. The third-order valence-electron chi connectivity index (χ3n) is 6.25. The molecule has 1 aromatic rings. The van der Waals surface area contributed by atoms with Gasteiger partial charge >= 0.3 is 0 Å². The monoisotopic (exact) mass is 413 g/mol. The van der Waals surface area contributed by atoms with E-state index < -0.39 is 0 Å². The van der Waals surface area contributed by atoms with Crippen LogP contribution in [0.25, 0.3) is 0 Å². The summed E-state index contributed by atoms with van der Waals surface area (Å²) in [5.41, 5.74) is 2.16. The molecule has 3 amide bonds. The summed E-state index contributed by atoms with van der Waals surface area (Å²) in [5, 5.41) is 3.12. The van der Waals surface area contributed by atoms with E-state index in [9.17, 15) is 14.4 Å². The predicted molar refractivity (Wildman–Crippen MR) is 117 cm³/mol. The van der Waals surface area contributed by atoms with Crippen LogP contribution in [0.3, 0.4) is 0 Å². The molecule has 164 valence electrons. The third-order valence-corrected chi connectivity index (χ3v) is 6.25. The van der Waals surface area contributed by atoms with Gasteiger partial charge < -0.3 is 15.1 Å². The first-order valence-electron chi connectivity index (χ1n) is 11.1. The summed E-state index contributed by atoms with van der Waals surface area (Å²) in [6, 6.07) is 8.40. The fraction of sp³-hybridized carbons (Fsp3) is 0.625. The van der Waals surface area contributed by atoms with Crippen molar-refractivity contribution in [3.05, 3.63) is 35.4 Å². The molecule has 1 aromatic carbocycles. The molecular weight excluding hydrogens is 378 g/mol. The Bertz CT molecular complexity index is 774. The van der Waals surface area contributed by atoms with Gasteiger partial charge in [-0.2, -0.15) is 0 Å². The molecular formula is C24H35N3O3. The molecule has 2 aliphatic rings. The summed E-state index contributed by atoms with van der Waals surface area (Å²) in [5.74, 6) is -0.0654. The first-order valence-corrected chi connectivity index (χ1v) is 11.1. The molecule has 1 unspecified atom stereocenters. The third kappa shape index (κ3) is 5.61. The lowest BCUT2D eigenvalue weighted by Crippen LogP contribution is -2.48. The molecule has 0 saturated carbocycles. The Kier molecular flexibility index (Phi) is 6.84. The van der Waals surface area contributed by atoms with E-state index in [1.807, 2.05) is 25.7 Å². The normalized spacial score (nSPS) is 20.5. The fourth-order valence-corrected chi connectivity index (χ4v) is 4.29. The van der Waals surface area contributed by atoms with Gasteiger partial charge in [0.2, 0.25) is 17.7 Å². The number of likely N-dealkylation sites (tertiary alicyclic amines) is 2. The minimum absolute atomic E-state index is 0.0285. The van der Waals surface area contributed by atoms with E-state index in [0.717, 1.165) is 19.3 Å². The number of hydrogen-bond donors (Lipinski definition) is 1. The lowest BCUT2D eigenvalue weighted by atomic mass is 10.0. The molecule has 6 heteroatoms. The van der Waals surface area contributed by atoms with E-state index in [-0.39, 0.29) is 35.2 Å². The summed E-state index contributed by atoms with van der Waals surface area (Å²) < 4.78 is 0. The lowest BCUT2D eigenvalue weighted by Gasteiger charge is -2.33. The highest BCUT2D eigenvalue weighted by molar-refractivity contribution is 5.89. The van der Waals surface area contributed by atoms with Gasteiger partial charge in [0.1, 0.15) is 0 Å². The highest BCUT2D eigenvalue weighted by Gasteiger charge is 2.40. The van der Waals surface area contributed by atoms with Crippen LogP contribution in [0.5, 0.6) is 0 Å². The summed E-state index contributed by atoms with van der Waals surface area (Å²) >= 11 is 0. The molecule has 6 nitrogen and oxygen atoms in total. The van der Waals surface area contributed by atoms with E-state index in [2.05, 4.69) is 36.5 Å². The number of carbonyl (C=O) groups is 3. The predicted octanol–water partition coefficient (Wildman–Crippen LogP) is 2.68. The van der Waals surface area contributed by atoms with Crippen LogP contribution in [-0.4, -0.2) is 58.7 Å². The van der Waals surface area contributed by atoms with Crippen molar-refractivity contribution in [2.75, 3.05) is 19.6 Å². The van der Waals surface area contributed by atoms with Crippen LogP contribution in [0.2, 0.25) is 0 Å². The second-order valence-electron chi connectivity index (χ2n) is 9.73. The molecule has 0 aliphatic carbocycles. The molecule has 1 N–H and O–H groups in total. The van der Waals surface area contributed by atoms with Crippen LogP contribution in [-0.2, 0) is 20.8 Å². The van der Waals surface area contributed by atoms with Crippen LogP contribution in [0.15, 0.2) is 24.3 Å². The zero-order valence-corrected chi connectivity index (χ0v) is 18.7. The maximum atomic E-state index is 12.7. The smallest absolute Gasteiger partial charge is 0.225 e. The van der Waals surface area contributed by atoms with Crippen LogP contribution >= 0.6 is 0 Å². The van der Waals surface area contributed by atoms with Gasteiger partial charge in [0.05, 0.1) is 5.92 Å². The van der Waals surface area contributed by atoms with Gasteiger partial charge in [-0.1, -0.05) is 29.8 Å². The standard InChI is InChI=1S/C24H35N3O3/c1-17-5-7-18(8-6-17)9-10-21(28)26-13-11-20(12-14-26)25-23(30)19-15-22(29)27(16-19)24(2,3)4/h5-8,19-20H,9-16H2,1-4H3,(H,25,30). The van der Waals surface area contributed by atoms with Crippen molar-refractivity contribution in [1.82, 2.24) is 15.1 Å². The first kappa shape index (κ1) is 22.3. The zero-order chi connectivity index (χ0) is 21.9. The van der Waals surface area contributed by atoms with Crippen LogP contribution in [0.4, 0.5) is 0 Å². The van der Waals surface area contributed by atoms with Crippen molar-refractivity contribution in [2.45, 2.75) is 71.4 Å². The van der Waals surface area contributed by atoms with E-state index in [0.29, 0.717) is 32.5 Å². The Balaban J connectivity index is 1.41. The number of nitrogens with zero attached hydrogens (tertiary/aromatic N) is 2. The van der Waals surface area contributed by atoms with Crippen LogP contribution < -0.4 is 5.32 Å². The second kappa shape index (κ2) is 9.19. The van der Waals surface area contributed by atoms with Gasteiger partial charge in [-0.3, -0.25) is 14.4 Å². The number of piperidine rings is 1. The number of nitrogens with one attached hydrogen (secondary N) is 1. The number of carbonyl (C=O) groups excluding carboxylic acids is 3. The quantitative estimate of drug-likeness (QED) is 0.807. The molecule has 2 heterocycles. The summed E-state index contributed by atoms with van der Waals surface area (Å²) in [7, 11) is 0. The maximum Gasteiger partial charge on any atom is 0.225 e. The molecule has 0 bridgehead atoms. The van der Waals surface area contributed by atoms with Gasteiger partial charge in [-0.15, -0.1) is 0 Å². The minimum atomic E-state index is -0.272. The van der Waals surface area contributed by atoms with Gasteiger partial charge in [0.25, 0.3) is 0 Å². The maximum absolute atomic E-state index is 12.7. The number of hydrogen-bond acceptors (Lipinski definition) is 3. The van der Waals surface area contributed by atoms with Crippen molar-refractivity contribution in [2.24, 2.45) is 5.92 Å². The molecule has 2 fully saturated rings. The number of benzene rings is 1. The Hall–Kier alpha value is -2.37. The molecule has 2 saturated heterocycles. The van der Waals surface area contributed by atoms with Crippen molar-refractivity contribution in [3.63, 3.8) is 0 Å². The first-order chi connectivity index (χ1) is 14.1. The van der Waals surface area contributed by atoms with E-state index in [1.165, 1.54) is 11.1 Å². The zero-order valence-electron chi connectivity index (χ0n) is 18.7. The number of rotatable bonds is 5. The fourth-order valence-electron chi connectivity index (χ4n) is 4.29. The van der Waals surface area contributed by atoms with Gasteiger partial charge in [0, 0.05) is 44.1 Å². The lowest BCUT2D eigenvalue weighted by molar-refractivity contribution is -0.133. The Labute approximate surface area is 180 Å². The van der Waals surface area contributed by atoms with Crippen molar-refractivity contribution < 1.29 is 14.4 Å². The SMILES string of the molecule is Cc1ccc(CCC(=O)N2CCC(NC(=O)C3CC(=O)N(C(C)(C)C)C3)CC2)cc1. The molecule has 3 rings (SSSR count). The van der Waals surface area contributed by atoms with Crippen molar-refractivity contribution in [3.8, 4) is 0 Å². The van der Waals surface area contributed by atoms with Crippen LogP contribution in [0.1, 0.15) is 57.6 Å². The van der Waals surface area contributed by atoms with Gasteiger partial charge in [-0.05, 0) is 52.5 Å². The van der Waals surface area contributed by atoms with Gasteiger partial charge in [-0.25, -0.2) is 0 Å². The second-order valence-corrected chi connectivity index (χ2v) is 9.73. The van der Waals surface area contributed by atoms with E-state index in [4.69, 9.17) is 0 Å². The topological polar surface area (TPSA) is 69.7 Å². The van der Waals surface area contributed by atoms with Crippen molar-refractivity contribution >= 4 is 17.7 Å². The van der Waals surface area contributed by atoms with Crippen LogP contribution in [0, 0.1) is 12.8 Å². The molecule has 0 radical (unpaired) electrons. The Morgan fingerprint density at radius 1 is 1.10 bits per heavy atom. The largest absolute Gasteiger partial charge is 0.353 e. The highest BCUT2D eigenvalue weighted by Crippen LogP contribution is 2.26. The Morgan fingerprint density at radius 2 is 1.73 bits per heavy atom. The van der Waals surface area contributed by atoms with E-state index in [1.54, 1.807) is 4.90 Å². The van der Waals surface area contributed by atoms with Crippen molar-refractivity contribution in [1.29, 1.82) is 0 Å². The molecule has 0 spiro atoms. The average molecular weight is 414 g/mol. The highest BCUT2D eigenvalue weighted by atomic mass is 16.2. The summed E-state index contributed by atoms with van der Waals surface area (Å²) in [6.45, 7) is 9.89. The number of aryl methyl sites for hydroxylation is 2. The Morgan fingerprint density at radius 3 is 2.30 bits per heavy atom. The van der Waals surface area contributed by atoms with E-state index >= 15 is 0 Å². The van der Waals surface area contributed by atoms with Gasteiger partial charge in [0.15, 0.2) is 0 Å². The molecule has 0 aromatic heterocycles. The summed E-state index contributed by atoms with van der Waals surface area (Å²) in [4.78, 5) is 41.1. The minimum Gasteiger partial charge on any atom is -0.353 e. The molecule has 30 heavy (non-hydrogen) atoms. The number of amides is 3. The molecule has 2 aliphatic heterocycles.